The molecule has 3 heterocycles. The standard InChI is InChI=1S/C25H23BN2O2S/c1-24(2)25(3,4)30-26(29-24)18-12-6-5-10-16(18)17-11-9-14-20-22(17)27-23-28(20)19-13-7-8-15-21(19)31-23/h5-15H,1-4H3. The molecule has 0 atom stereocenters. The summed E-state index contributed by atoms with van der Waals surface area (Å²) in [5.41, 5.74) is 5.79. The van der Waals surface area contributed by atoms with E-state index in [-0.39, 0.29) is 11.2 Å². The normalized spacial score (nSPS) is 17.9. The quantitative estimate of drug-likeness (QED) is 0.342. The molecule has 5 aromatic rings. The molecular weight excluding hydrogens is 403 g/mol. The van der Waals surface area contributed by atoms with Crippen LogP contribution in [0, 0.1) is 0 Å². The molecule has 0 N–H and O–H groups in total. The van der Waals surface area contributed by atoms with Gasteiger partial charge in [-0.3, -0.25) is 4.40 Å². The SMILES string of the molecule is CC1(C)OB(c2ccccc2-c2cccc3c2nc2sc4ccccc4n23)OC1(C)C. The van der Waals surface area contributed by atoms with Crippen molar-refractivity contribution in [1.29, 1.82) is 0 Å². The van der Waals surface area contributed by atoms with Crippen LogP contribution in [0.3, 0.4) is 0 Å². The molecule has 1 aliphatic rings. The van der Waals surface area contributed by atoms with Crippen LogP contribution in [0.15, 0.2) is 66.7 Å². The first-order chi connectivity index (χ1) is 14.9. The Bertz CT molecular complexity index is 1450. The van der Waals surface area contributed by atoms with Gasteiger partial charge < -0.3 is 9.31 Å². The number of nitrogens with zero attached hydrogens (tertiary/aromatic N) is 2. The topological polar surface area (TPSA) is 35.8 Å². The number of hydrogen-bond donors (Lipinski definition) is 0. The summed E-state index contributed by atoms with van der Waals surface area (Å²) in [6, 6.07) is 23.2. The van der Waals surface area contributed by atoms with Gasteiger partial charge in [0.1, 0.15) is 0 Å². The molecule has 1 aliphatic heterocycles. The fraction of sp³-hybridized carbons (Fsp3) is 0.240. The van der Waals surface area contributed by atoms with E-state index in [1.807, 2.05) is 6.07 Å². The molecule has 31 heavy (non-hydrogen) atoms. The monoisotopic (exact) mass is 426 g/mol. The Morgan fingerprint density at radius 3 is 2.23 bits per heavy atom. The number of para-hydroxylation sites is 2. The molecule has 4 nitrogen and oxygen atoms in total. The van der Waals surface area contributed by atoms with Gasteiger partial charge in [-0.25, -0.2) is 4.98 Å². The summed E-state index contributed by atoms with van der Waals surface area (Å²) < 4.78 is 16.3. The number of fused-ring (bicyclic) bond motifs is 5. The maximum Gasteiger partial charge on any atom is 0.495 e. The minimum Gasteiger partial charge on any atom is -0.399 e. The van der Waals surface area contributed by atoms with Crippen LogP contribution in [0.25, 0.3) is 37.3 Å². The van der Waals surface area contributed by atoms with Crippen molar-refractivity contribution >= 4 is 50.1 Å². The Morgan fingerprint density at radius 1 is 0.774 bits per heavy atom. The fourth-order valence-corrected chi connectivity index (χ4v) is 5.37. The smallest absolute Gasteiger partial charge is 0.399 e. The van der Waals surface area contributed by atoms with Crippen molar-refractivity contribution in [2.45, 2.75) is 38.9 Å². The third kappa shape index (κ3) is 2.72. The first kappa shape index (κ1) is 19.1. The number of imidazole rings is 1. The molecule has 1 saturated heterocycles. The van der Waals surface area contributed by atoms with Crippen LogP contribution in [0.5, 0.6) is 0 Å². The average Bonchev–Trinajstić information content (AvgIpc) is 3.35. The fourth-order valence-electron chi connectivity index (χ4n) is 4.34. The zero-order valence-electron chi connectivity index (χ0n) is 18.0. The van der Waals surface area contributed by atoms with Gasteiger partial charge in [0.25, 0.3) is 0 Å². The Morgan fingerprint density at radius 2 is 1.42 bits per heavy atom. The molecule has 0 radical (unpaired) electrons. The van der Waals surface area contributed by atoms with E-state index in [2.05, 4.69) is 92.8 Å². The number of aromatic nitrogens is 2. The highest BCUT2D eigenvalue weighted by atomic mass is 32.1. The number of thiazole rings is 1. The summed E-state index contributed by atoms with van der Waals surface area (Å²) in [6.07, 6.45) is 0. The van der Waals surface area contributed by atoms with Crippen molar-refractivity contribution in [2.24, 2.45) is 0 Å². The summed E-state index contributed by atoms with van der Waals surface area (Å²) >= 11 is 1.72. The second-order valence-electron chi connectivity index (χ2n) is 9.15. The molecular formula is C25H23BN2O2S. The van der Waals surface area contributed by atoms with Crippen LogP contribution in [-0.4, -0.2) is 27.7 Å². The first-order valence-electron chi connectivity index (χ1n) is 10.6. The van der Waals surface area contributed by atoms with Crippen LogP contribution < -0.4 is 5.46 Å². The summed E-state index contributed by atoms with van der Waals surface area (Å²) in [5, 5.41) is 0. The van der Waals surface area contributed by atoms with Crippen molar-refractivity contribution in [2.75, 3.05) is 0 Å². The summed E-state index contributed by atoms with van der Waals surface area (Å²) in [6.45, 7) is 8.35. The third-order valence-electron chi connectivity index (χ3n) is 6.72. The molecule has 154 valence electrons. The molecule has 2 aromatic heterocycles. The lowest BCUT2D eigenvalue weighted by atomic mass is 9.74. The minimum absolute atomic E-state index is 0.382. The molecule has 0 bridgehead atoms. The lowest BCUT2D eigenvalue weighted by Gasteiger charge is -2.32. The number of hydrogen-bond acceptors (Lipinski definition) is 4. The van der Waals surface area contributed by atoms with E-state index in [0.29, 0.717) is 0 Å². The van der Waals surface area contributed by atoms with E-state index in [4.69, 9.17) is 14.3 Å². The molecule has 6 heteroatoms. The van der Waals surface area contributed by atoms with Gasteiger partial charge in [0.15, 0.2) is 4.96 Å². The molecule has 0 amide bonds. The molecule has 6 rings (SSSR count). The number of rotatable bonds is 2. The molecule has 3 aromatic carbocycles. The lowest BCUT2D eigenvalue weighted by molar-refractivity contribution is 0.00578. The van der Waals surface area contributed by atoms with Crippen LogP contribution in [-0.2, 0) is 9.31 Å². The zero-order valence-corrected chi connectivity index (χ0v) is 18.9. The van der Waals surface area contributed by atoms with E-state index < -0.39 is 7.12 Å². The maximum atomic E-state index is 6.38. The van der Waals surface area contributed by atoms with Crippen LogP contribution in [0.2, 0.25) is 0 Å². The Kier molecular flexibility index (Phi) is 3.95. The predicted octanol–water partition coefficient (Wildman–Crippen LogP) is 5.67. The van der Waals surface area contributed by atoms with Gasteiger partial charge in [-0.15, -0.1) is 0 Å². The summed E-state index contributed by atoms with van der Waals surface area (Å²) in [7, 11) is -0.416. The highest BCUT2D eigenvalue weighted by Crippen LogP contribution is 2.38. The average molecular weight is 426 g/mol. The Labute approximate surface area is 185 Å². The van der Waals surface area contributed by atoms with Crippen molar-refractivity contribution in [1.82, 2.24) is 9.38 Å². The van der Waals surface area contributed by atoms with Gasteiger partial charge in [-0.2, -0.15) is 0 Å². The van der Waals surface area contributed by atoms with Gasteiger partial charge in [0.2, 0.25) is 0 Å². The van der Waals surface area contributed by atoms with E-state index in [0.717, 1.165) is 32.6 Å². The predicted molar refractivity (Wildman–Crippen MR) is 129 cm³/mol. The molecule has 0 unspecified atom stereocenters. The van der Waals surface area contributed by atoms with E-state index in [9.17, 15) is 0 Å². The largest absolute Gasteiger partial charge is 0.495 e. The van der Waals surface area contributed by atoms with Crippen molar-refractivity contribution in [3.05, 3.63) is 66.7 Å². The van der Waals surface area contributed by atoms with Crippen LogP contribution >= 0.6 is 11.3 Å². The van der Waals surface area contributed by atoms with Gasteiger partial charge >= 0.3 is 7.12 Å². The van der Waals surface area contributed by atoms with E-state index in [1.54, 1.807) is 11.3 Å². The first-order valence-corrected chi connectivity index (χ1v) is 11.4. The summed E-state index contributed by atoms with van der Waals surface area (Å²) in [5.74, 6) is 0. The zero-order chi connectivity index (χ0) is 21.4. The van der Waals surface area contributed by atoms with Gasteiger partial charge in [0, 0.05) is 5.56 Å². The lowest BCUT2D eigenvalue weighted by Crippen LogP contribution is -2.41. The van der Waals surface area contributed by atoms with E-state index in [1.165, 1.54) is 10.2 Å². The second kappa shape index (κ2) is 6.42. The molecule has 0 saturated carbocycles. The van der Waals surface area contributed by atoms with Gasteiger partial charge in [0.05, 0.1) is 32.5 Å². The third-order valence-corrected chi connectivity index (χ3v) is 7.74. The van der Waals surface area contributed by atoms with Crippen molar-refractivity contribution < 1.29 is 9.31 Å². The minimum atomic E-state index is -0.416. The van der Waals surface area contributed by atoms with E-state index >= 15 is 0 Å². The maximum absolute atomic E-state index is 6.38. The number of benzene rings is 3. The highest BCUT2D eigenvalue weighted by Gasteiger charge is 2.52. The Hall–Kier alpha value is -2.67. The Balaban J connectivity index is 1.56. The molecule has 0 aliphatic carbocycles. The van der Waals surface area contributed by atoms with Crippen molar-refractivity contribution in [3.8, 4) is 11.1 Å². The van der Waals surface area contributed by atoms with Crippen molar-refractivity contribution in [3.63, 3.8) is 0 Å². The highest BCUT2D eigenvalue weighted by molar-refractivity contribution is 7.23. The van der Waals surface area contributed by atoms with Crippen LogP contribution in [0.4, 0.5) is 0 Å². The van der Waals surface area contributed by atoms with Gasteiger partial charge in [-0.1, -0.05) is 59.9 Å². The summed E-state index contributed by atoms with van der Waals surface area (Å²) in [4.78, 5) is 6.06. The van der Waals surface area contributed by atoms with Gasteiger partial charge in [-0.05, 0) is 56.9 Å². The second-order valence-corrected chi connectivity index (χ2v) is 10.2. The van der Waals surface area contributed by atoms with Crippen LogP contribution in [0.1, 0.15) is 27.7 Å². The molecule has 1 fully saturated rings. The molecule has 0 spiro atoms.